The van der Waals surface area contributed by atoms with Crippen molar-refractivity contribution in [3.63, 3.8) is 0 Å². The number of carbonyl (C=O) groups is 1. The standard InChI is InChI=1S/C17H13N5O3/c1-2-25-17(24)13-8-18-14-12-9-20-22(11-6-4-3-5-7-11)15(12)19-10-21(14)16(13)23/h3-10H,2H2,1H3. The molecule has 0 unspecified atom stereocenters. The van der Waals surface area contributed by atoms with Crippen molar-refractivity contribution >= 4 is 22.6 Å². The Hall–Kier alpha value is -3.55. The number of fused-ring (bicyclic) bond motifs is 3. The summed E-state index contributed by atoms with van der Waals surface area (Å²) in [7, 11) is 0. The van der Waals surface area contributed by atoms with Crippen LogP contribution in [0.4, 0.5) is 0 Å². The topological polar surface area (TPSA) is 91.4 Å². The quantitative estimate of drug-likeness (QED) is 0.528. The number of nitrogens with zero attached hydrogens (tertiary/aromatic N) is 5. The van der Waals surface area contributed by atoms with Crippen LogP contribution in [0.5, 0.6) is 0 Å². The number of aromatic nitrogens is 5. The molecule has 0 aliphatic carbocycles. The molecule has 0 radical (unpaired) electrons. The van der Waals surface area contributed by atoms with Gasteiger partial charge in [-0.2, -0.15) is 5.10 Å². The molecule has 0 amide bonds. The van der Waals surface area contributed by atoms with Crippen molar-refractivity contribution in [2.45, 2.75) is 6.92 Å². The van der Waals surface area contributed by atoms with E-state index in [1.54, 1.807) is 17.8 Å². The molecule has 1 aromatic carbocycles. The van der Waals surface area contributed by atoms with Gasteiger partial charge in [0.15, 0.2) is 11.3 Å². The second-order valence-electron chi connectivity index (χ2n) is 5.26. The van der Waals surface area contributed by atoms with Crippen molar-refractivity contribution in [1.29, 1.82) is 0 Å². The fourth-order valence-electron chi connectivity index (χ4n) is 2.62. The van der Waals surface area contributed by atoms with Crippen LogP contribution >= 0.6 is 0 Å². The summed E-state index contributed by atoms with van der Waals surface area (Å²) >= 11 is 0. The van der Waals surface area contributed by atoms with E-state index in [0.717, 1.165) is 5.69 Å². The Kier molecular flexibility index (Phi) is 3.50. The van der Waals surface area contributed by atoms with Crippen LogP contribution in [0.3, 0.4) is 0 Å². The summed E-state index contributed by atoms with van der Waals surface area (Å²) in [4.78, 5) is 32.9. The van der Waals surface area contributed by atoms with Gasteiger partial charge in [-0.25, -0.2) is 23.8 Å². The summed E-state index contributed by atoms with van der Waals surface area (Å²) in [6.07, 6.45) is 4.17. The van der Waals surface area contributed by atoms with E-state index in [1.165, 1.54) is 16.9 Å². The smallest absolute Gasteiger partial charge is 0.345 e. The number of para-hydroxylation sites is 1. The Morgan fingerprint density at radius 3 is 2.68 bits per heavy atom. The molecule has 0 bridgehead atoms. The molecule has 0 saturated heterocycles. The third kappa shape index (κ3) is 2.35. The molecule has 0 atom stereocenters. The van der Waals surface area contributed by atoms with Gasteiger partial charge in [0.05, 0.1) is 23.9 Å². The molecule has 25 heavy (non-hydrogen) atoms. The van der Waals surface area contributed by atoms with Crippen LogP contribution in [0.2, 0.25) is 0 Å². The highest BCUT2D eigenvalue weighted by molar-refractivity contribution is 5.92. The molecule has 3 heterocycles. The van der Waals surface area contributed by atoms with Gasteiger partial charge in [-0.15, -0.1) is 0 Å². The Morgan fingerprint density at radius 1 is 1.12 bits per heavy atom. The van der Waals surface area contributed by atoms with E-state index in [9.17, 15) is 9.59 Å². The Bertz CT molecular complexity index is 1150. The molecule has 0 aliphatic heterocycles. The Morgan fingerprint density at radius 2 is 1.92 bits per heavy atom. The maximum absolute atomic E-state index is 12.5. The molecule has 4 aromatic rings. The van der Waals surface area contributed by atoms with E-state index in [1.807, 2.05) is 30.3 Å². The van der Waals surface area contributed by atoms with Gasteiger partial charge < -0.3 is 4.74 Å². The molecule has 3 aromatic heterocycles. The number of hydrogen-bond donors (Lipinski definition) is 0. The van der Waals surface area contributed by atoms with E-state index in [4.69, 9.17) is 4.74 Å². The zero-order valence-electron chi connectivity index (χ0n) is 13.3. The van der Waals surface area contributed by atoms with Gasteiger partial charge in [-0.1, -0.05) is 18.2 Å². The number of esters is 1. The minimum absolute atomic E-state index is 0.129. The minimum Gasteiger partial charge on any atom is -0.462 e. The molecule has 0 N–H and O–H groups in total. The largest absolute Gasteiger partial charge is 0.462 e. The number of hydrogen-bond acceptors (Lipinski definition) is 6. The zero-order valence-corrected chi connectivity index (χ0v) is 13.3. The molecule has 0 spiro atoms. The van der Waals surface area contributed by atoms with Crippen molar-refractivity contribution in [1.82, 2.24) is 24.1 Å². The first-order chi connectivity index (χ1) is 12.2. The lowest BCUT2D eigenvalue weighted by Crippen LogP contribution is -2.24. The molecule has 124 valence electrons. The SMILES string of the molecule is CCOC(=O)c1cnc2c3cnn(-c4ccccc4)c3ncn2c1=O. The highest BCUT2D eigenvalue weighted by Gasteiger charge is 2.17. The van der Waals surface area contributed by atoms with Gasteiger partial charge >= 0.3 is 5.97 Å². The van der Waals surface area contributed by atoms with E-state index < -0.39 is 11.5 Å². The van der Waals surface area contributed by atoms with E-state index in [0.29, 0.717) is 16.7 Å². The van der Waals surface area contributed by atoms with Gasteiger partial charge in [0, 0.05) is 6.20 Å². The van der Waals surface area contributed by atoms with Gasteiger partial charge in [0.1, 0.15) is 11.9 Å². The summed E-state index contributed by atoms with van der Waals surface area (Å²) in [5.41, 5.74) is 1.15. The van der Waals surface area contributed by atoms with Crippen molar-refractivity contribution in [3.8, 4) is 5.69 Å². The number of carbonyl (C=O) groups excluding carboxylic acids is 1. The van der Waals surface area contributed by atoms with Crippen LogP contribution in [0.25, 0.3) is 22.4 Å². The summed E-state index contributed by atoms with van der Waals surface area (Å²) in [6.45, 7) is 1.86. The number of rotatable bonds is 3. The van der Waals surface area contributed by atoms with Crippen LogP contribution < -0.4 is 5.56 Å². The van der Waals surface area contributed by atoms with Gasteiger partial charge in [-0.05, 0) is 19.1 Å². The number of ether oxygens (including phenoxy) is 1. The summed E-state index contributed by atoms with van der Waals surface area (Å²) < 4.78 is 7.77. The summed E-state index contributed by atoms with van der Waals surface area (Å²) in [5, 5.41) is 4.95. The van der Waals surface area contributed by atoms with Gasteiger partial charge in [0.25, 0.3) is 5.56 Å². The highest BCUT2D eigenvalue weighted by Crippen LogP contribution is 2.18. The first-order valence-electron chi connectivity index (χ1n) is 7.67. The lowest BCUT2D eigenvalue weighted by Gasteiger charge is -2.05. The number of benzene rings is 1. The average Bonchev–Trinajstić information content (AvgIpc) is 3.07. The van der Waals surface area contributed by atoms with Gasteiger partial charge in [0.2, 0.25) is 0 Å². The molecule has 4 rings (SSSR count). The molecule has 0 saturated carbocycles. The average molecular weight is 335 g/mol. The monoisotopic (exact) mass is 335 g/mol. The van der Waals surface area contributed by atoms with Crippen molar-refractivity contribution in [2.24, 2.45) is 0 Å². The fraction of sp³-hybridized carbons (Fsp3) is 0.118. The molecule has 8 nitrogen and oxygen atoms in total. The third-order valence-corrected chi connectivity index (χ3v) is 3.77. The predicted molar refractivity (Wildman–Crippen MR) is 89.8 cm³/mol. The lowest BCUT2D eigenvalue weighted by atomic mass is 10.3. The Balaban J connectivity index is 1.94. The third-order valence-electron chi connectivity index (χ3n) is 3.77. The second-order valence-corrected chi connectivity index (χ2v) is 5.26. The highest BCUT2D eigenvalue weighted by atomic mass is 16.5. The summed E-state index contributed by atoms with van der Waals surface area (Å²) in [5.74, 6) is -0.700. The predicted octanol–water partition coefficient (Wildman–Crippen LogP) is 1.61. The van der Waals surface area contributed by atoms with Crippen LogP contribution in [0, 0.1) is 0 Å². The molecule has 8 heteroatoms. The van der Waals surface area contributed by atoms with E-state index in [2.05, 4.69) is 15.1 Å². The Labute approximate surface area is 141 Å². The maximum Gasteiger partial charge on any atom is 0.345 e. The van der Waals surface area contributed by atoms with Crippen molar-refractivity contribution in [2.75, 3.05) is 6.61 Å². The fourth-order valence-corrected chi connectivity index (χ4v) is 2.62. The first-order valence-corrected chi connectivity index (χ1v) is 7.67. The van der Waals surface area contributed by atoms with E-state index in [-0.39, 0.29) is 12.2 Å². The lowest BCUT2D eigenvalue weighted by molar-refractivity contribution is 0.0523. The van der Waals surface area contributed by atoms with Crippen LogP contribution in [0.1, 0.15) is 17.3 Å². The normalized spacial score (nSPS) is 11.1. The molecular formula is C17H13N5O3. The zero-order chi connectivity index (χ0) is 17.4. The van der Waals surface area contributed by atoms with Crippen molar-refractivity contribution < 1.29 is 9.53 Å². The van der Waals surface area contributed by atoms with Crippen LogP contribution in [0.15, 0.2) is 53.8 Å². The molecule has 0 fully saturated rings. The van der Waals surface area contributed by atoms with E-state index >= 15 is 0 Å². The first kappa shape index (κ1) is 15.0. The van der Waals surface area contributed by atoms with Crippen molar-refractivity contribution in [3.05, 3.63) is 65.0 Å². The maximum atomic E-state index is 12.5. The summed E-state index contributed by atoms with van der Waals surface area (Å²) in [6, 6.07) is 9.52. The molecule has 0 aliphatic rings. The minimum atomic E-state index is -0.700. The van der Waals surface area contributed by atoms with Gasteiger partial charge in [-0.3, -0.25) is 4.79 Å². The van der Waals surface area contributed by atoms with Crippen LogP contribution in [-0.4, -0.2) is 36.7 Å². The molecular weight excluding hydrogens is 322 g/mol. The van der Waals surface area contributed by atoms with Crippen LogP contribution in [-0.2, 0) is 4.74 Å². The second kappa shape index (κ2) is 5.82.